The smallest absolute Gasteiger partial charge is 0.118 e. The van der Waals surface area contributed by atoms with Gasteiger partial charge in [0, 0.05) is 10.9 Å². The third-order valence-corrected chi connectivity index (χ3v) is 3.92. The summed E-state index contributed by atoms with van der Waals surface area (Å²) in [6.07, 6.45) is 4.18. The molecule has 0 aliphatic heterocycles. The zero-order valence-corrected chi connectivity index (χ0v) is 9.51. The van der Waals surface area contributed by atoms with Crippen LogP contribution in [-0.4, -0.2) is 11.2 Å². The minimum Gasteiger partial charge on any atom is -0.323 e. The van der Waals surface area contributed by atoms with Gasteiger partial charge in [-0.1, -0.05) is 12.2 Å². The molecule has 2 nitrogen and oxygen atoms in total. The predicted molar refractivity (Wildman–Crippen MR) is 60.5 cm³/mol. The molecule has 0 saturated carbocycles. The van der Waals surface area contributed by atoms with Crippen molar-refractivity contribution in [2.24, 2.45) is 11.7 Å². The molecule has 1 heterocycles. The molecule has 0 amide bonds. The zero-order chi connectivity index (χ0) is 10.8. The van der Waals surface area contributed by atoms with E-state index in [4.69, 9.17) is 5.73 Å². The highest BCUT2D eigenvalue weighted by Gasteiger charge is 2.24. The lowest BCUT2D eigenvalue weighted by molar-refractivity contribution is 0.320. The van der Waals surface area contributed by atoms with Crippen LogP contribution in [0.3, 0.4) is 0 Å². The third kappa shape index (κ3) is 2.26. The molecule has 1 aliphatic carbocycles. The number of thiazole rings is 1. The number of allylic oxidation sites excluding steroid dienone is 1. The maximum Gasteiger partial charge on any atom is 0.118 e. The summed E-state index contributed by atoms with van der Waals surface area (Å²) in [7, 11) is 0. The van der Waals surface area contributed by atoms with Crippen molar-refractivity contribution in [3.8, 4) is 0 Å². The Bertz CT molecular complexity index is 361. The lowest BCUT2D eigenvalue weighted by Crippen LogP contribution is -2.23. The van der Waals surface area contributed by atoms with E-state index in [-0.39, 0.29) is 12.0 Å². The van der Waals surface area contributed by atoms with E-state index >= 15 is 0 Å². The van der Waals surface area contributed by atoms with Crippen LogP contribution in [0.5, 0.6) is 0 Å². The highest BCUT2D eigenvalue weighted by atomic mass is 32.1. The molecule has 82 valence electrons. The minimum absolute atomic E-state index is 0.0266. The zero-order valence-electron chi connectivity index (χ0n) is 8.69. The monoisotopic (exact) mass is 226 g/mol. The maximum absolute atomic E-state index is 12.9. The SMILES string of the molecule is Cc1ncsc1C(N)C1C=CC(F)CC1. The van der Waals surface area contributed by atoms with Gasteiger partial charge in [-0.3, -0.25) is 0 Å². The molecule has 2 rings (SSSR count). The van der Waals surface area contributed by atoms with Gasteiger partial charge in [-0.25, -0.2) is 9.37 Å². The molecule has 2 N–H and O–H groups in total. The first-order valence-electron chi connectivity index (χ1n) is 5.16. The highest BCUT2D eigenvalue weighted by Crippen LogP contribution is 2.32. The molecule has 1 aromatic heterocycles. The number of rotatable bonds is 2. The summed E-state index contributed by atoms with van der Waals surface area (Å²) in [4.78, 5) is 5.31. The van der Waals surface area contributed by atoms with E-state index in [0.717, 1.165) is 17.0 Å². The van der Waals surface area contributed by atoms with Crippen LogP contribution < -0.4 is 5.73 Å². The Labute approximate surface area is 93.0 Å². The highest BCUT2D eigenvalue weighted by molar-refractivity contribution is 7.09. The first kappa shape index (κ1) is 10.8. The van der Waals surface area contributed by atoms with E-state index in [0.29, 0.717) is 6.42 Å². The molecular weight excluding hydrogens is 211 g/mol. The van der Waals surface area contributed by atoms with Crippen molar-refractivity contribution in [1.29, 1.82) is 0 Å². The van der Waals surface area contributed by atoms with Gasteiger partial charge in [-0.2, -0.15) is 0 Å². The lowest BCUT2D eigenvalue weighted by Gasteiger charge is -2.24. The molecule has 0 spiro atoms. The van der Waals surface area contributed by atoms with Crippen LogP contribution in [0, 0.1) is 12.8 Å². The van der Waals surface area contributed by atoms with E-state index < -0.39 is 6.17 Å². The first-order valence-corrected chi connectivity index (χ1v) is 6.04. The van der Waals surface area contributed by atoms with Crippen LogP contribution in [0.4, 0.5) is 4.39 Å². The van der Waals surface area contributed by atoms with Crippen molar-refractivity contribution in [2.45, 2.75) is 32.0 Å². The average molecular weight is 226 g/mol. The second-order valence-electron chi connectivity index (χ2n) is 3.97. The Hall–Kier alpha value is -0.740. The number of alkyl halides is 1. The molecule has 0 radical (unpaired) electrons. The molecule has 3 unspecified atom stereocenters. The molecule has 0 saturated heterocycles. The summed E-state index contributed by atoms with van der Waals surface area (Å²) in [6, 6.07) is -0.0266. The Morgan fingerprint density at radius 3 is 2.87 bits per heavy atom. The molecule has 15 heavy (non-hydrogen) atoms. The van der Waals surface area contributed by atoms with Gasteiger partial charge in [0.1, 0.15) is 6.17 Å². The minimum atomic E-state index is -0.781. The molecule has 0 fully saturated rings. The number of nitrogens with zero attached hydrogens (tertiary/aromatic N) is 1. The van der Waals surface area contributed by atoms with E-state index in [1.807, 2.05) is 18.5 Å². The molecule has 0 bridgehead atoms. The van der Waals surface area contributed by atoms with Crippen LogP contribution in [0.15, 0.2) is 17.7 Å². The van der Waals surface area contributed by atoms with Gasteiger partial charge >= 0.3 is 0 Å². The van der Waals surface area contributed by atoms with Crippen LogP contribution in [0.25, 0.3) is 0 Å². The van der Waals surface area contributed by atoms with Crippen molar-refractivity contribution in [3.63, 3.8) is 0 Å². The second kappa shape index (κ2) is 4.41. The summed E-state index contributed by atoms with van der Waals surface area (Å²) >= 11 is 1.59. The molecule has 1 aromatic rings. The van der Waals surface area contributed by atoms with Gasteiger partial charge in [-0.05, 0) is 25.7 Å². The molecule has 1 aliphatic rings. The maximum atomic E-state index is 12.9. The van der Waals surface area contributed by atoms with Crippen molar-refractivity contribution >= 4 is 11.3 Å². The van der Waals surface area contributed by atoms with Crippen molar-refractivity contribution in [1.82, 2.24) is 4.98 Å². The van der Waals surface area contributed by atoms with Gasteiger partial charge in [0.2, 0.25) is 0 Å². The van der Waals surface area contributed by atoms with Gasteiger partial charge in [0.15, 0.2) is 0 Å². The van der Waals surface area contributed by atoms with Crippen molar-refractivity contribution in [3.05, 3.63) is 28.2 Å². The Balaban J connectivity index is 2.12. The number of halogens is 1. The molecular formula is C11H15FN2S. The largest absolute Gasteiger partial charge is 0.323 e. The predicted octanol–water partition coefficient (Wildman–Crippen LogP) is 2.76. The second-order valence-corrected chi connectivity index (χ2v) is 4.86. The van der Waals surface area contributed by atoms with Crippen LogP contribution in [0.1, 0.15) is 29.5 Å². The summed E-state index contributed by atoms with van der Waals surface area (Å²) in [5.41, 5.74) is 8.97. The number of hydrogen-bond donors (Lipinski definition) is 1. The first-order chi connectivity index (χ1) is 7.18. The summed E-state index contributed by atoms with van der Waals surface area (Å²) in [6.45, 7) is 1.97. The Morgan fingerprint density at radius 2 is 2.33 bits per heavy atom. The Morgan fingerprint density at radius 1 is 1.53 bits per heavy atom. The van der Waals surface area contributed by atoms with Gasteiger partial charge in [0.05, 0.1) is 11.2 Å². The van der Waals surface area contributed by atoms with Gasteiger partial charge < -0.3 is 5.73 Å². The molecule has 0 aromatic carbocycles. The molecule has 4 heteroatoms. The van der Waals surface area contributed by atoms with E-state index in [2.05, 4.69) is 4.98 Å². The Kier molecular flexibility index (Phi) is 3.17. The number of aryl methyl sites for hydroxylation is 1. The standard InChI is InChI=1S/C11H15FN2S/c1-7-11(15-6-14-7)10(13)8-2-4-9(12)5-3-8/h2,4,6,8-10H,3,5,13H2,1H3. The van der Waals surface area contributed by atoms with Gasteiger partial charge in [-0.15, -0.1) is 11.3 Å². The molecule has 3 atom stereocenters. The van der Waals surface area contributed by atoms with Crippen LogP contribution in [-0.2, 0) is 0 Å². The summed E-state index contributed by atoms with van der Waals surface area (Å²) in [5, 5.41) is 0. The van der Waals surface area contributed by atoms with E-state index in [1.54, 1.807) is 17.4 Å². The topological polar surface area (TPSA) is 38.9 Å². The summed E-state index contributed by atoms with van der Waals surface area (Å²) < 4.78 is 12.9. The fourth-order valence-electron chi connectivity index (χ4n) is 1.93. The van der Waals surface area contributed by atoms with Crippen LogP contribution >= 0.6 is 11.3 Å². The number of aromatic nitrogens is 1. The average Bonchev–Trinajstić information content (AvgIpc) is 2.65. The number of hydrogen-bond acceptors (Lipinski definition) is 3. The normalized spacial score (nSPS) is 27.9. The third-order valence-electron chi connectivity index (χ3n) is 2.89. The fraction of sp³-hybridized carbons (Fsp3) is 0.545. The van der Waals surface area contributed by atoms with Crippen molar-refractivity contribution < 1.29 is 4.39 Å². The van der Waals surface area contributed by atoms with E-state index in [1.165, 1.54) is 0 Å². The quantitative estimate of drug-likeness (QED) is 0.787. The van der Waals surface area contributed by atoms with Crippen LogP contribution in [0.2, 0.25) is 0 Å². The summed E-state index contributed by atoms with van der Waals surface area (Å²) in [5.74, 6) is 0.260. The van der Waals surface area contributed by atoms with Gasteiger partial charge in [0.25, 0.3) is 0 Å². The van der Waals surface area contributed by atoms with E-state index in [9.17, 15) is 4.39 Å². The lowest BCUT2D eigenvalue weighted by atomic mass is 9.88. The van der Waals surface area contributed by atoms with Crippen molar-refractivity contribution in [2.75, 3.05) is 0 Å². The fourth-order valence-corrected chi connectivity index (χ4v) is 2.81. The number of nitrogens with two attached hydrogens (primary N) is 1.